The van der Waals surface area contributed by atoms with Crippen molar-refractivity contribution in [3.8, 4) is 0 Å². The summed E-state index contributed by atoms with van der Waals surface area (Å²) in [7, 11) is 0. The van der Waals surface area contributed by atoms with E-state index in [1.807, 2.05) is 4.98 Å². The normalized spacial score (nSPS) is 11.8. The van der Waals surface area contributed by atoms with Crippen molar-refractivity contribution in [2.24, 2.45) is 0 Å². The Morgan fingerprint density at radius 3 is 2.62 bits per heavy atom. The zero-order chi connectivity index (χ0) is 12.3. The molecule has 0 fully saturated rings. The number of alkyl halides is 3. The van der Waals surface area contributed by atoms with Crippen LogP contribution in [0.15, 0.2) is 20.3 Å². The molecule has 0 aliphatic rings. The Balaban J connectivity index is 2.72. The lowest BCUT2D eigenvalue weighted by molar-refractivity contribution is -0.0328. The lowest BCUT2D eigenvalue weighted by Crippen LogP contribution is -2.30. The molecule has 9 heteroatoms. The highest BCUT2D eigenvalue weighted by atomic mass is 79.9. The van der Waals surface area contributed by atoms with Gasteiger partial charge in [0, 0.05) is 18.5 Å². The Kier molecular flexibility index (Phi) is 4.25. The van der Waals surface area contributed by atoms with Crippen molar-refractivity contribution in [2.45, 2.75) is 12.1 Å². The Morgan fingerprint density at radius 1 is 1.44 bits per heavy atom. The molecule has 0 aliphatic carbocycles. The average molecular weight is 319 g/mol. The first-order valence-corrected chi connectivity index (χ1v) is 5.77. The highest BCUT2D eigenvalue weighted by Gasteiger charge is 2.27. The molecule has 4 nitrogen and oxygen atoms in total. The van der Waals surface area contributed by atoms with Crippen LogP contribution in [0.3, 0.4) is 0 Å². The largest absolute Gasteiger partial charge is 0.441 e. The van der Waals surface area contributed by atoms with Gasteiger partial charge in [-0.25, -0.2) is 4.79 Å². The molecule has 0 bridgehead atoms. The molecule has 0 aromatic carbocycles. The topological polar surface area (TPSA) is 54.9 Å². The highest BCUT2D eigenvalue weighted by Crippen LogP contribution is 2.29. The first kappa shape index (κ1) is 13.4. The van der Waals surface area contributed by atoms with Gasteiger partial charge in [0.2, 0.25) is 0 Å². The van der Waals surface area contributed by atoms with Crippen LogP contribution in [0.5, 0.6) is 0 Å². The Labute approximate surface area is 100.0 Å². The van der Waals surface area contributed by atoms with Crippen molar-refractivity contribution in [3.05, 3.63) is 31.5 Å². The molecule has 0 atom stereocenters. The van der Waals surface area contributed by atoms with Gasteiger partial charge in [0.15, 0.2) is 0 Å². The van der Waals surface area contributed by atoms with Crippen LogP contribution in [0.25, 0.3) is 0 Å². The van der Waals surface area contributed by atoms with E-state index in [-0.39, 0.29) is 28.5 Å². The van der Waals surface area contributed by atoms with Gasteiger partial charge < -0.3 is 0 Å². The molecular formula is C7H6BrF3N2O2S. The summed E-state index contributed by atoms with van der Waals surface area (Å²) in [6, 6.07) is 0. The van der Waals surface area contributed by atoms with E-state index >= 15 is 0 Å². The van der Waals surface area contributed by atoms with Gasteiger partial charge in [0.05, 0.1) is 4.47 Å². The number of aryl methyl sites for hydroxylation is 1. The van der Waals surface area contributed by atoms with Crippen LogP contribution in [0.4, 0.5) is 13.2 Å². The Hall–Kier alpha value is -0.700. The van der Waals surface area contributed by atoms with E-state index in [9.17, 15) is 22.8 Å². The molecule has 1 N–H and O–H groups in total. The summed E-state index contributed by atoms with van der Waals surface area (Å²) >= 11 is 2.66. The van der Waals surface area contributed by atoms with Gasteiger partial charge >= 0.3 is 11.2 Å². The maximum Gasteiger partial charge on any atom is 0.441 e. The predicted octanol–water partition coefficient (Wildman–Crippen LogP) is 1.55. The smallest absolute Gasteiger partial charge is 0.299 e. The molecule has 90 valence electrons. The average Bonchev–Trinajstić information content (AvgIpc) is 2.11. The van der Waals surface area contributed by atoms with Crippen molar-refractivity contribution in [3.63, 3.8) is 0 Å². The summed E-state index contributed by atoms with van der Waals surface area (Å²) < 4.78 is 36.5. The van der Waals surface area contributed by atoms with Crippen LogP contribution in [0, 0.1) is 0 Å². The lowest BCUT2D eigenvalue weighted by atomic mass is 10.6. The minimum atomic E-state index is -4.32. The van der Waals surface area contributed by atoms with Crippen LogP contribution < -0.4 is 11.2 Å². The van der Waals surface area contributed by atoms with E-state index < -0.39 is 16.8 Å². The highest BCUT2D eigenvalue weighted by molar-refractivity contribution is 9.10. The quantitative estimate of drug-likeness (QED) is 0.920. The molecule has 0 saturated heterocycles. The third-order valence-corrected chi connectivity index (χ3v) is 2.84. The molecule has 1 aromatic heterocycles. The second-order valence-electron chi connectivity index (χ2n) is 2.72. The number of thioether (sulfide) groups is 1. The van der Waals surface area contributed by atoms with Crippen LogP contribution in [-0.4, -0.2) is 20.8 Å². The monoisotopic (exact) mass is 318 g/mol. The molecular weight excluding hydrogens is 313 g/mol. The maximum atomic E-state index is 11.8. The number of aromatic amines is 1. The molecule has 0 saturated carbocycles. The van der Waals surface area contributed by atoms with Gasteiger partial charge in [0.1, 0.15) is 0 Å². The van der Waals surface area contributed by atoms with Gasteiger partial charge in [0.25, 0.3) is 5.56 Å². The summed E-state index contributed by atoms with van der Waals surface area (Å²) in [6.45, 7) is -0.127. The number of aromatic nitrogens is 2. The Bertz CT molecular complexity index is 482. The molecule has 1 aromatic rings. The van der Waals surface area contributed by atoms with E-state index in [1.165, 1.54) is 0 Å². The minimum absolute atomic E-state index is 0.101. The maximum absolute atomic E-state index is 11.8. The predicted molar refractivity (Wildman–Crippen MR) is 57.5 cm³/mol. The number of nitrogens with one attached hydrogen (secondary N) is 1. The van der Waals surface area contributed by atoms with Crippen LogP contribution in [-0.2, 0) is 6.54 Å². The molecule has 0 radical (unpaired) electrons. The van der Waals surface area contributed by atoms with Gasteiger partial charge in [-0.15, -0.1) is 0 Å². The summed E-state index contributed by atoms with van der Waals surface area (Å²) in [5, 5.41) is 0. The van der Waals surface area contributed by atoms with Gasteiger partial charge in [-0.05, 0) is 27.7 Å². The van der Waals surface area contributed by atoms with E-state index in [2.05, 4.69) is 15.9 Å². The molecule has 0 spiro atoms. The van der Waals surface area contributed by atoms with Gasteiger partial charge in [-0.1, -0.05) is 0 Å². The zero-order valence-electron chi connectivity index (χ0n) is 7.68. The SMILES string of the molecule is O=c1[nH]c(=O)n(CCSC(F)(F)F)cc1Br. The van der Waals surface area contributed by atoms with Gasteiger partial charge in [-0.3, -0.25) is 14.3 Å². The number of halogens is 4. The second-order valence-corrected chi connectivity index (χ2v) is 4.74. The number of hydrogen-bond donors (Lipinski definition) is 1. The number of H-pyrrole nitrogens is 1. The fourth-order valence-electron chi connectivity index (χ4n) is 0.909. The van der Waals surface area contributed by atoms with E-state index in [4.69, 9.17) is 0 Å². The number of hydrogen-bond acceptors (Lipinski definition) is 3. The standard InChI is InChI=1S/C7H6BrF3N2O2S/c8-4-3-13(6(15)12-5(4)14)1-2-16-7(9,10)11/h3H,1-2H2,(H,12,14,15). The van der Waals surface area contributed by atoms with Crippen molar-refractivity contribution in [1.29, 1.82) is 0 Å². The van der Waals surface area contributed by atoms with Crippen molar-refractivity contribution in [2.75, 3.05) is 5.75 Å². The summed E-state index contributed by atoms with van der Waals surface area (Å²) in [5.74, 6) is -0.290. The third-order valence-electron chi connectivity index (χ3n) is 1.57. The molecule has 0 amide bonds. The molecule has 1 rings (SSSR count). The van der Waals surface area contributed by atoms with Gasteiger partial charge in [-0.2, -0.15) is 13.2 Å². The van der Waals surface area contributed by atoms with E-state index in [0.717, 1.165) is 10.8 Å². The van der Waals surface area contributed by atoms with Crippen LogP contribution in [0.1, 0.15) is 0 Å². The number of nitrogens with zero attached hydrogens (tertiary/aromatic N) is 1. The molecule has 0 unspecified atom stereocenters. The van der Waals surface area contributed by atoms with E-state index in [1.54, 1.807) is 0 Å². The fraction of sp³-hybridized carbons (Fsp3) is 0.429. The third kappa shape index (κ3) is 4.05. The Morgan fingerprint density at radius 2 is 2.06 bits per heavy atom. The summed E-state index contributed by atoms with van der Waals surface area (Å²) in [5.41, 5.74) is -5.65. The van der Waals surface area contributed by atoms with Crippen molar-refractivity contribution >= 4 is 27.7 Å². The van der Waals surface area contributed by atoms with Crippen molar-refractivity contribution in [1.82, 2.24) is 9.55 Å². The summed E-state index contributed by atoms with van der Waals surface area (Å²) in [4.78, 5) is 24.0. The van der Waals surface area contributed by atoms with Crippen LogP contribution >= 0.6 is 27.7 Å². The lowest BCUT2D eigenvalue weighted by Gasteiger charge is -2.07. The molecule has 0 aliphatic heterocycles. The second kappa shape index (κ2) is 5.09. The molecule has 1 heterocycles. The number of rotatable bonds is 3. The first-order valence-electron chi connectivity index (χ1n) is 3.99. The minimum Gasteiger partial charge on any atom is -0.299 e. The molecule has 16 heavy (non-hydrogen) atoms. The van der Waals surface area contributed by atoms with Crippen LogP contribution in [0.2, 0.25) is 0 Å². The fourth-order valence-corrected chi connectivity index (χ4v) is 1.77. The summed E-state index contributed by atoms with van der Waals surface area (Å²) in [6.07, 6.45) is 1.16. The van der Waals surface area contributed by atoms with Crippen molar-refractivity contribution < 1.29 is 13.2 Å². The first-order chi connectivity index (χ1) is 7.29. The zero-order valence-corrected chi connectivity index (χ0v) is 10.1. The van der Waals surface area contributed by atoms with E-state index in [0.29, 0.717) is 0 Å².